The van der Waals surface area contributed by atoms with Crippen LogP contribution in [0.5, 0.6) is 0 Å². The molecule has 0 aliphatic rings. The molecule has 3 heteroatoms. The van der Waals surface area contributed by atoms with E-state index in [0.29, 0.717) is 0 Å². The monoisotopic (exact) mass is 446 g/mol. The Labute approximate surface area is 155 Å². The minimum atomic E-state index is -2.73. The average Bonchev–Trinajstić information content (AvgIpc) is 2.46. The zero-order chi connectivity index (χ0) is 18.8. The van der Waals surface area contributed by atoms with Crippen molar-refractivity contribution >= 4 is 24.3 Å². The first-order valence-corrected chi connectivity index (χ1v) is 17.5. The van der Waals surface area contributed by atoms with E-state index in [2.05, 4.69) is 34.6 Å². The van der Waals surface area contributed by atoms with Gasteiger partial charge in [0.05, 0.1) is 0 Å². The summed E-state index contributed by atoms with van der Waals surface area (Å²) < 4.78 is 11.0. The summed E-state index contributed by atoms with van der Waals surface area (Å²) in [6.07, 6.45) is 7.47. The van der Waals surface area contributed by atoms with Crippen molar-refractivity contribution in [1.29, 1.82) is 0 Å². The van der Waals surface area contributed by atoms with E-state index < -0.39 is 24.0 Å². The van der Waals surface area contributed by atoms with Crippen molar-refractivity contribution < 1.29 is 9.53 Å². The fourth-order valence-electron chi connectivity index (χ4n) is 3.58. The van der Waals surface area contributed by atoms with Crippen LogP contribution in [0.1, 0.15) is 93.9 Å². The molecule has 0 saturated heterocycles. The van der Waals surface area contributed by atoms with E-state index in [4.69, 9.17) is 4.74 Å². The molecule has 0 aliphatic heterocycles. The Morgan fingerprint density at radius 2 is 1.21 bits per heavy atom. The van der Waals surface area contributed by atoms with Crippen LogP contribution < -0.4 is 0 Å². The Bertz CT molecular complexity index is 379. The van der Waals surface area contributed by atoms with Crippen molar-refractivity contribution in [3.63, 3.8) is 0 Å². The quantitative estimate of drug-likeness (QED) is 0.194. The van der Waals surface area contributed by atoms with E-state index in [9.17, 15) is 4.79 Å². The van der Waals surface area contributed by atoms with Crippen LogP contribution in [0.25, 0.3) is 0 Å². The summed E-state index contributed by atoms with van der Waals surface area (Å²) in [5.74, 6) is 0.00149. The topological polar surface area (TPSA) is 26.3 Å². The van der Waals surface area contributed by atoms with Crippen LogP contribution in [0.2, 0.25) is 13.3 Å². The van der Waals surface area contributed by atoms with Gasteiger partial charge in [-0.3, -0.25) is 0 Å². The third-order valence-electron chi connectivity index (χ3n) is 4.66. The molecule has 0 aromatic rings. The summed E-state index contributed by atoms with van der Waals surface area (Å²) >= 11 is -2.73. The molecule has 0 aromatic heterocycles. The number of hydrogen-bond donors (Lipinski definition) is 0. The molecule has 24 heavy (non-hydrogen) atoms. The second-order valence-corrected chi connectivity index (χ2v) is 21.5. The van der Waals surface area contributed by atoms with Crippen LogP contribution in [0.4, 0.5) is 0 Å². The van der Waals surface area contributed by atoms with E-state index in [1.165, 1.54) is 61.0 Å². The number of esters is 1. The van der Waals surface area contributed by atoms with Crippen LogP contribution in [0.3, 0.4) is 0 Å². The predicted octanol–water partition coefficient (Wildman–Crippen LogP) is 7.05. The summed E-state index contributed by atoms with van der Waals surface area (Å²) in [6.45, 7) is 17.0. The molecular formula is C21H42O2Sn. The van der Waals surface area contributed by atoms with Gasteiger partial charge >= 0.3 is 156 Å². The van der Waals surface area contributed by atoms with Gasteiger partial charge in [0.15, 0.2) is 0 Å². The maximum absolute atomic E-state index is 13.1. The van der Waals surface area contributed by atoms with Crippen molar-refractivity contribution in [2.45, 2.75) is 113 Å². The molecule has 0 atom stereocenters. The van der Waals surface area contributed by atoms with E-state index in [-0.39, 0.29) is 5.97 Å². The summed E-state index contributed by atoms with van der Waals surface area (Å²) in [7, 11) is 0. The average molecular weight is 445 g/mol. The first kappa shape index (κ1) is 24.0. The fourth-order valence-corrected chi connectivity index (χ4v) is 21.1. The van der Waals surface area contributed by atoms with Crippen LogP contribution in [0, 0.1) is 0 Å². The van der Waals surface area contributed by atoms with E-state index in [1.807, 2.05) is 20.8 Å². The Morgan fingerprint density at radius 1 is 0.833 bits per heavy atom. The van der Waals surface area contributed by atoms with E-state index in [1.54, 1.807) is 0 Å². The van der Waals surface area contributed by atoms with Gasteiger partial charge in [-0.15, -0.1) is 0 Å². The molecule has 0 saturated carbocycles. The van der Waals surface area contributed by atoms with Gasteiger partial charge in [0.2, 0.25) is 0 Å². The Balaban J connectivity index is 5.86. The first-order valence-electron chi connectivity index (χ1n) is 10.0. The SMILES string of the molecule is CCC[CH2][Sn]([CH2]CCC)([CH2]CCC)[C](C(=O)OC(C)(C)C)=C(C)C. The Morgan fingerprint density at radius 3 is 1.46 bits per heavy atom. The zero-order valence-electron chi connectivity index (χ0n) is 17.7. The minimum absolute atomic E-state index is 0.00149. The van der Waals surface area contributed by atoms with Gasteiger partial charge in [-0.2, -0.15) is 0 Å². The van der Waals surface area contributed by atoms with Crippen LogP contribution in [0.15, 0.2) is 9.16 Å². The van der Waals surface area contributed by atoms with Gasteiger partial charge in [-0.25, -0.2) is 0 Å². The number of carbonyl (C=O) groups is 1. The molecule has 142 valence electrons. The summed E-state index contributed by atoms with van der Waals surface area (Å²) in [5, 5.41) is 0. The van der Waals surface area contributed by atoms with E-state index in [0.717, 1.165) is 0 Å². The Hall–Kier alpha value is 0.00870. The third kappa shape index (κ3) is 8.40. The van der Waals surface area contributed by atoms with E-state index >= 15 is 0 Å². The Kier molecular flexibility index (Phi) is 11.6. The third-order valence-corrected chi connectivity index (χ3v) is 20.9. The van der Waals surface area contributed by atoms with Crippen molar-refractivity contribution in [2.75, 3.05) is 0 Å². The molecule has 0 unspecified atom stereocenters. The van der Waals surface area contributed by atoms with Gasteiger partial charge in [-0.1, -0.05) is 0 Å². The maximum atomic E-state index is 13.1. The van der Waals surface area contributed by atoms with Crippen molar-refractivity contribution in [2.24, 2.45) is 0 Å². The molecule has 0 N–H and O–H groups in total. The number of allylic oxidation sites excluding steroid dienone is 1. The predicted molar refractivity (Wildman–Crippen MR) is 109 cm³/mol. The van der Waals surface area contributed by atoms with Crippen LogP contribution in [-0.2, 0) is 9.53 Å². The second kappa shape index (κ2) is 11.6. The molecule has 0 spiro atoms. The number of rotatable bonds is 11. The summed E-state index contributed by atoms with van der Waals surface area (Å²) in [5.41, 5.74) is 0.818. The normalized spacial score (nSPS) is 12.2. The number of unbranched alkanes of at least 4 members (excludes halogenated alkanes) is 3. The van der Waals surface area contributed by atoms with Crippen LogP contribution >= 0.6 is 0 Å². The first-order chi connectivity index (χ1) is 11.1. The van der Waals surface area contributed by atoms with Crippen LogP contribution in [-0.4, -0.2) is 29.9 Å². The summed E-state index contributed by atoms with van der Waals surface area (Å²) in [6, 6.07) is 0. The molecule has 0 fully saturated rings. The molecule has 0 aliphatic carbocycles. The molecule has 0 rings (SSSR count). The number of carbonyl (C=O) groups excluding carboxylic acids is 1. The zero-order valence-corrected chi connectivity index (χ0v) is 20.5. The molecule has 0 heterocycles. The van der Waals surface area contributed by atoms with Crippen molar-refractivity contribution in [3.8, 4) is 0 Å². The molecule has 0 aromatic carbocycles. The van der Waals surface area contributed by atoms with Gasteiger partial charge in [0.1, 0.15) is 0 Å². The summed E-state index contributed by atoms with van der Waals surface area (Å²) in [4.78, 5) is 13.1. The molecular weight excluding hydrogens is 403 g/mol. The van der Waals surface area contributed by atoms with Gasteiger partial charge in [-0.05, 0) is 0 Å². The molecule has 0 radical (unpaired) electrons. The van der Waals surface area contributed by atoms with Crippen molar-refractivity contribution in [3.05, 3.63) is 9.16 Å². The van der Waals surface area contributed by atoms with Crippen molar-refractivity contribution in [1.82, 2.24) is 0 Å². The second-order valence-electron chi connectivity index (χ2n) is 8.47. The van der Waals surface area contributed by atoms with Gasteiger partial charge < -0.3 is 0 Å². The molecule has 2 nitrogen and oxygen atoms in total. The number of hydrogen-bond acceptors (Lipinski definition) is 2. The standard InChI is InChI=1S/C9H15O2.3C4H9.Sn/c1-7(2)6-8(10)11-9(3,4)5;3*1-3-4-2;/h1-5H3;3*1,3-4H2,2H3;. The fraction of sp³-hybridized carbons (Fsp3) is 0.857. The van der Waals surface area contributed by atoms with Gasteiger partial charge in [0.25, 0.3) is 0 Å². The number of ether oxygens (including phenoxy) is 1. The van der Waals surface area contributed by atoms with Gasteiger partial charge in [0, 0.05) is 0 Å². The molecule has 0 amide bonds. The molecule has 0 bridgehead atoms.